The molecule has 2 aliphatic heterocycles. The van der Waals surface area contributed by atoms with Crippen LogP contribution in [0.2, 0.25) is 5.02 Å². The zero-order chi connectivity index (χ0) is 23.0. The van der Waals surface area contributed by atoms with Gasteiger partial charge >= 0.3 is 5.97 Å². The number of thioether (sulfide) groups is 1. The number of hydrogen-bond acceptors (Lipinski definition) is 6. The van der Waals surface area contributed by atoms with Crippen molar-refractivity contribution in [1.82, 2.24) is 10.2 Å². The first-order chi connectivity index (χ1) is 14.4. The Kier molecular flexibility index (Phi) is 6.93. The Morgan fingerprint density at radius 3 is 2.45 bits per heavy atom. The second-order valence-corrected chi connectivity index (χ2v) is 10.8. The van der Waals surface area contributed by atoms with E-state index in [9.17, 15) is 19.8 Å². The van der Waals surface area contributed by atoms with Crippen molar-refractivity contribution in [2.75, 3.05) is 19.6 Å². The number of carbonyl (C=O) groups is 2. The molecule has 170 valence electrons. The van der Waals surface area contributed by atoms with Crippen LogP contribution in [0.1, 0.15) is 39.7 Å². The van der Waals surface area contributed by atoms with Gasteiger partial charge in [0.15, 0.2) is 5.17 Å². The van der Waals surface area contributed by atoms with Crippen LogP contribution in [0, 0.1) is 11.3 Å². The molecule has 0 aliphatic carbocycles. The van der Waals surface area contributed by atoms with E-state index in [0.717, 1.165) is 17.3 Å². The molecule has 3 atom stereocenters. The van der Waals surface area contributed by atoms with Crippen LogP contribution in [0.3, 0.4) is 0 Å². The Morgan fingerprint density at radius 2 is 1.94 bits per heavy atom. The second kappa shape index (κ2) is 9.00. The molecule has 9 heteroatoms. The van der Waals surface area contributed by atoms with Gasteiger partial charge in [0.2, 0.25) is 5.91 Å². The van der Waals surface area contributed by atoms with Gasteiger partial charge in [-0.1, -0.05) is 63.2 Å². The Balaban J connectivity index is 1.73. The average Bonchev–Trinajstić information content (AvgIpc) is 3.17. The molecule has 1 fully saturated rings. The molecular weight excluding hydrogens is 438 g/mol. The lowest BCUT2D eigenvalue weighted by Crippen LogP contribution is -2.60. The molecule has 7 nitrogen and oxygen atoms in total. The summed E-state index contributed by atoms with van der Waals surface area (Å²) in [6, 6.07) is 6.70. The van der Waals surface area contributed by atoms with Crippen molar-refractivity contribution >= 4 is 40.4 Å². The smallest absolute Gasteiger partial charge is 0.319 e. The van der Waals surface area contributed by atoms with E-state index in [-0.39, 0.29) is 18.4 Å². The van der Waals surface area contributed by atoms with Gasteiger partial charge in [-0.25, -0.2) is 0 Å². The molecule has 1 aromatic carbocycles. The summed E-state index contributed by atoms with van der Waals surface area (Å²) in [5.41, 5.74) is -0.858. The maximum atomic E-state index is 13.4. The number of carboxylic acid groups (broad SMARTS) is 1. The Hall–Kier alpha value is -1.77. The zero-order valence-electron chi connectivity index (χ0n) is 18.3. The summed E-state index contributed by atoms with van der Waals surface area (Å²) in [5, 5.41) is 24.4. The molecule has 3 N–H and O–H groups in total. The van der Waals surface area contributed by atoms with Crippen molar-refractivity contribution < 1.29 is 19.8 Å². The first kappa shape index (κ1) is 23.9. The number of hydrogen-bond donors (Lipinski definition) is 3. The van der Waals surface area contributed by atoms with Crippen molar-refractivity contribution in [3.63, 3.8) is 0 Å². The topological polar surface area (TPSA) is 102 Å². The molecule has 2 heterocycles. The predicted octanol–water partition coefficient (Wildman–Crippen LogP) is 2.96. The van der Waals surface area contributed by atoms with Crippen molar-refractivity contribution in [1.29, 1.82) is 0 Å². The molecule has 0 bridgehead atoms. The maximum absolute atomic E-state index is 13.4. The van der Waals surface area contributed by atoms with E-state index in [2.05, 4.69) is 10.3 Å². The monoisotopic (exact) mass is 467 g/mol. The summed E-state index contributed by atoms with van der Waals surface area (Å²) in [5.74, 6) is -0.986. The highest BCUT2D eigenvalue weighted by atomic mass is 35.5. The molecule has 3 rings (SSSR count). The molecule has 2 aliphatic rings. The maximum Gasteiger partial charge on any atom is 0.319 e. The van der Waals surface area contributed by atoms with E-state index < -0.39 is 28.3 Å². The molecule has 1 amide bonds. The van der Waals surface area contributed by atoms with Crippen molar-refractivity contribution in [3.05, 3.63) is 34.9 Å². The molecule has 1 unspecified atom stereocenters. The minimum absolute atomic E-state index is 0.0140. The van der Waals surface area contributed by atoms with Crippen LogP contribution in [0.15, 0.2) is 29.3 Å². The minimum atomic E-state index is -1.07. The summed E-state index contributed by atoms with van der Waals surface area (Å²) in [6.45, 7) is 8.84. The van der Waals surface area contributed by atoms with Gasteiger partial charge in [0, 0.05) is 23.5 Å². The Labute approximate surface area is 192 Å². The van der Waals surface area contributed by atoms with Gasteiger partial charge in [-0.15, -0.1) is 0 Å². The van der Waals surface area contributed by atoms with E-state index in [1.54, 1.807) is 17.0 Å². The summed E-state index contributed by atoms with van der Waals surface area (Å²) >= 11 is 7.15. The van der Waals surface area contributed by atoms with Crippen molar-refractivity contribution in [3.8, 4) is 0 Å². The first-order valence-corrected chi connectivity index (χ1v) is 11.7. The number of aliphatic imine (C=N–C) groups is 1. The van der Waals surface area contributed by atoms with Gasteiger partial charge in [-0.3, -0.25) is 14.6 Å². The number of nitrogens with zero attached hydrogens (tertiary/aromatic N) is 2. The Morgan fingerprint density at radius 1 is 1.29 bits per heavy atom. The molecule has 0 saturated carbocycles. The zero-order valence-corrected chi connectivity index (χ0v) is 19.8. The predicted molar refractivity (Wildman–Crippen MR) is 123 cm³/mol. The molecule has 0 spiro atoms. The third-order valence-corrected chi connectivity index (χ3v) is 7.58. The molecule has 0 aromatic heterocycles. The third kappa shape index (κ3) is 4.86. The average molecular weight is 468 g/mol. The lowest BCUT2D eigenvalue weighted by atomic mass is 9.66. The highest BCUT2D eigenvalue weighted by molar-refractivity contribution is 8.15. The SMILES string of the molecule is CC(C)[C@@H](NC1=NCC(C(=O)O)S1)C(=O)N1CC[C@](O)(c2ccc(Cl)cc2)C(C)(C)C1. The molecular formula is C22H30ClN3O4S. The number of carboxylic acids is 1. The van der Waals surface area contributed by atoms with Crippen LogP contribution in [0.4, 0.5) is 0 Å². The van der Waals surface area contributed by atoms with Gasteiger partial charge < -0.3 is 20.4 Å². The van der Waals surface area contributed by atoms with Crippen LogP contribution in [-0.2, 0) is 15.2 Å². The number of aliphatic hydroxyl groups is 1. The van der Waals surface area contributed by atoms with E-state index >= 15 is 0 Å². The summed E-state index contributed by atoms with van der Waals surface area (Å²) in [4.78, 5) is 30.6. The van der Waals surface area contributed by atoms with Gasteiger partial charge in [0.25, 0.3) is 0 Å². The fraction of sp³-hybridized carbons (Fsp3) is 0.591. The van der Waals surface area contributed by atoms with Gasteiger partial charge in [0.05, 0.1) is 12.1 Å². The lowest BCUT2D eigenvalue weighted by molar-refractivity contribution is -0.155. The molecule has 31 heavy (non-hydrogen) atoms. The fourth-order valence-corrected chi connectivity index (χ4v) is 5.19. The fourth-order valence-electron chi connectivity index (χ4n) is 4.20. The number of halogens is 1. The number of nitrogens with one attached hydrogen (secondary N) is 1. The number of likely N-dealkylation sites (tertiary alicyclic amines) is 1. The summed E-state index contributed by atoms with van der Waals surface area (Å²) < 4.78 is 0. The second-order valence-electron chi connectivity index (χ2n) is 9.22. The van der Waals surface area contributed by atoms with Crippen LogP contribution in [0.5, 0.6) is 0 Å². The number of piperidine rings is 1. The molecule has 0 radical (unpaired) electrons. The number of benzene rings is 1. The van der Waals surface area contributed by atoms with E-state index in [4.69, 9.17) is 11.6 Å². The molecule has 1 saturated heterocycles. The number of amides is 1. The van der Waals surface area contributed by atoms with Crippen molar-refractivity contribution in [2.45, 2.75) is 51.0 Å². The lowest BCUT2D eigenvalue weighted by Gasteiger charge is -2.51. The van der Waals surface area contributed by atoms with E-state index in [1.165, 1.54) is 0 Å². The van der Waals surface area contributed by atoms with E-state index in [1.807, 2.05) is 39.8 Å². The van der Waals surface area contributed by atoms with Crippen LogP contribution in [0.25, 0.3) is 0 Å². The minimum Gasteiger partial charge on any atom is -0.480 e. The van der Waals surface area contributed by atoms with Gasteiger partial charge in [-0.2, -0.15) is 0 Å². The number of aliphatic carboxylic acids is 1. The normalized spacial score (nSPS) is 26.5. The van der Waals surface area contributed by atoms with Crippen LogP contribution >= 0.6 is 23.4 Å². The quantitative estimate of drug-likeness (QED) is 0.615. The largest absolute Gasteiger partial charge is 0.480 e. The Bertz CT molecular complexity index is 874. The highest BCUT2D eigenvalue weighted by Gasteiger charge is 2.50. The third-order valence-electron chi connectivity index (χ3n) is 6.22. The number of amidine groups is 1. The van der Waals surface area contributed by atoms with E-state index in [0.29, 0.717) is 29.7 Å². The summed E-state index contributed by atoms with van der Waals surface area (Å²) in [7, 11) is 0. The van der Waals surface area contributed by atoms with Gasteiger partial charge in [-0.05, 0) is 30.0 Å². The van der Waals surface area contributed by atoms with Crippen LogP contribution < -0.4 is 5.32 Å². The highest BCUT2D eigenvalue weighted by Crippen LogP contribution is 2.46. The number of rotatable bonds is 5. The summed E-state index contributed by atoms with van der Waals surface area (Å²) in [6.07, 6.45) is 0.412. The number of carbonyl (C=O) groups excluding carboxylic acids is 1. The first-order valence-electron chi connectivity index (χ1n) is 10.4. The van der Waals surface area contributed by atoms with Crippen molar-refractivity contribution in [2.24, 2.45) is 16.3 Å². The van der Waals surface area contributed by atoms with Gasteiger partial charge in [0.1, 0.15) is 11.3 Å². The van der Waals surface area contributed by atoms with Crippen LogP contribution in [-0.4, -0.2) is 63.1 Å². The molecule has 1 aromatic rings. The standard InChI is InChI=1S/C22H30ClN3O4S/c1-13(2)17(25-20-24-11-16(31-20)19(28)29)18(27)26-10-9-22(30,21(3,4)12-26)14-5-7-15(23)8-6-14/h5-8,13,16-17,30H,9-12H2,1-4H3,(H,24,25)(H,28,29)/t16?,17-,22+/m1/s1.